The highest BCUT2D eigenvalue weighted by molar-refractivity contribution is 6.80. The average Bonchev–Trinajstić information content (AvgIpc) is 1.85. The van der Waals surface area contributed by atoms with Crippen molar-refractivity contribution in [1.29, 1.82) is 0 Å². The molecule has 0 rings (SSSR count). The summed E-state index contributed by atoms with van der Waals surface area (Å²) in [5.41, 5.74) is 1.92. The molecule has 0 unspecified atom stereocenters. The first kappa shape index (κ1) is 10.2. The first-order valence-corrected chi connectivity index (χ1v) is 6.96. The van der Waals surface area contributed by atoms with Gasteiger partial charge in [0, 0.05) is 0 Å². The molecule has 0 saturated heterocycles. The molecular weight excluding hydrogens is 160 g/mol. The van der Waals surface area contributed by atoms with Crippen LogP contribution in [0.3, 0.4) is 0 Å². The molecule has 0 N–H and O–H groups in total. The van der Waals surface area contributed by atoms with E-state index in [4.69, 9.17) is 0 Å². The van der Waals surface area contributed by atoms with Crippen LogP contribution >= 0.6 is 0 Å². The number of ether oxygens (including phenoxy) is 2. The smallest absolute Gasteiger partial charge is 0.437 e. The monoisotopic (exact) mass is 174 g/mol. The molecule has 0 saturated carbocycles. The molecule has 0 aromatic heterocycles. The molecule has 0 aliphatic heterocycles. The summed E-state index contributed by atoms with van der Waals surface area (Å²) in [7, 11) is 0.0323. The molecule has 0 heterocycles. The summed E-state index contributed by atoms with van der Waals surface area (Å²) >= 11 is 0. The summed E-state index contributed by atoms with van der Waals surface area (Å²) in [6.07, 6.45) is 0.734. The lowest BCUT2D eigenvalue weighted by molar-refractivity contribution is 0.106. The summed E-state index contributed by atoms with van der Waals surface area (Å²) in [5, 5.41) is 0. The van der Waals surface area contributed by atoms with E-state index in [2.05, 4.69) is 29.1 Å². The Balaban J connectivity index is 3.70. The molecule has 11 heavy (non-hydrogen) atoms. The Morgan fingerprint density at radius 2 is 1.91 bits per heavy atom. The molecular formula is C7H14O3Si. The zero-order valence-electron chi connectivity index (χ0n) is 7.38. The van der Waals surface area contributed by atoms with Crippen molar-refractivity contribution in [2.24, 2.45) is 0 Å². The van der Waals surface area contributed by atoms with Crippen molar-refractivity contribution in [3.63, 3.8) is 0 Å². The maximum absolute atomic E-state index is 10.4. The Kier molecular flexibility index (Phi) is 3.88. The van der Waals surface area contributed by atoms with Gasteiger partial charge in [0.25, 0.3) is 0 Å². The van der Waals surface area contributed by atoms with Crippen LogP contribution < -0.4 is 0 Å². The maximum atomic E-state index is 10.4. The van der Waals surface area contributed by atoms with Crippen molar-refractivity contribution in [3.8, 4) is 0 Å². The van der Waals surface area contributed by atoms with Crippen molar-refractivity contribution in [2.75, 3.05) is 7.11 Å². The normalized spacial score (nSPS) is 11.6. The van der Waals surface area contributed by atoms with E-state index in [0.717, 1.165) is 0 Å². The topological polar surface area (TPSA) is 35.5 Å². The number of hydrogen-bond donors (Lipinski definition) is 0. The van der Waals surface area contributed by atoms with E-state index in [-0.39, 0.29) is 0 Å². The summed E-state index contributed by atoms with van der Waals surface area (Å²) in [4.78, 5) is 10.4. The van der Waals surface area contributed by atoms with Crippen LogP contribution in [0.15, 0.2) is 12.0 Å². The summed E-state index contributed by atoms with van der Waals surface area (Å²) in [6, 6.07) is 0. The van der Waals surface area contributed by atoms with Gasteiger partial charge in [-0.15, -0.1) is 0 Å². The predicted octanol–water partition coefficient (Wildman–Crippen LogP) is 2.16. The quantitative estimate of drug-likeness (QED) is 0.365. The fourth-order valence-corrected chi connectivity index (χ4v) is 0.818. The third-order valence-corrected chi connectivity index (χ3v) is 2.04. The van der Waals surface area contributed by atoms with Crippen LogP contribution in [0.2, 0.25) is 19.6 Å². The fourth-order valence-electron chi connectivity index (χ4n) is 0.342. The largest absolute Gasteiger partial charge is 0.512 e. The number of carbonyl (C=O) groups is 1. The molecule has 0 bridgehead atoms. The Morgan fingerprint density at radius 1 is 1.36 bits per heavy atom. The second-order valence-corrected chi connectivity index (χ2v) is 8.31. The van der Waals surface area contributed by atoms with Gasteiger partial charge in [-0.25, -0.2) is 4.79 Å². The van der Waals surface area contributed by atoms with Crippen molar-refractivity contribution in [2.45, 2.75) is 19.6 Å². The molecule has 64 valence electrons. The highest BCUT2D eigenvalue weighted by atomic mass is 28.3. The van der Waals surface area contributed by atoms with Crippen LogP contribution in [-0.4, -0.2) is 21.3 Å². The van der Waals surface area contributed by atoms with Gasteiger partial charge in [-0.05, 0) is 0 Å². The highest BCUT2D eigenvalue weighted by Crippen LogP contribution is 2.01. The minimum atomic E-state index is -1.25. The van der Waals surface area contributed by atoms with Gasteiger partial charge >= 0.3 is 6.16 Å². The van der Waals surface area contributed by atoms with Crippen LogP contribution in [-0.2, 0) is 9.47 Å². The molecule has 0 atom stereocenters. The fraction of sp³-hybridized carbons (Fsp3) is 0.571. The molecule has 0 aliphatic carbocycles. The average molecular weight is 174 g/mol. The van der Waals surface area contributed by atoms with Gasteiger partial charge in [-0.2, -0.15) is 0 Å². The van der Waals surface area contributed by atoms with Crippen LogP contribution in [0, 0.1) is 0 Å². The lowest BCUT2D eigenvalue weighted by atomic mass is 11.1. The van der Waals surface area contributed by atoms with Crippen molar-refractivity contribution < 1.29 is 14.3 Å². The van der Waals surface area contributed by atoms with E-state index >= 15 is 0 Å². The zero-order valence-corrected chi connectivity index (χ0v) is 8.38. The minimum Gasteiger partial charge on any atom is -0.437 e. The van der Waals surface area contributed by atoms with Gasteiger partial charge in [0.2, 0.25) is 0 Å². The minimum absolute atomic E-state index is 0.667. The predicted molar refractivity (Wildman–Crippen MR) is 46.0 cm³/mol. The summed E-state index contributed by atoms with van der Waals surface area (Å²) < 4.78 is 8.83. The van der Waals surface area contributed by atoms with Gasteiger partial charge in [-0.3, -0.25) is 0 Å². The van der Waals surface area contributed by atoms with Crippen LogP contribution in [0.25, 0.3) is 0 Å². The maximum Gasteiger partial charge on any atom is 0.512 e. The van der Waals surface area contributed by atoms with Gasteiger partial charge < -0.3 is 9.47 Å². The number of hydrogen-bond acceptors (Lipinski definition) is 3. The molecule has 0 aromatic carbocycles. The second kappa shape index (κ2) is 4.18. The third-order valence-electron chi connectivity index (χ3n) is 0.899. The van der Waals surface area contributed by atoms with Crippen molar-refractivity contribution >= 4 is 14.2 Å². The first-order chi connectivity index (χ1) is 4.95. The Labute approximate surface area is 68.0 Å². The van der Waals surface area contributed by atoms with E-state index < -0.39 is 14.2 Å². The lowest BCUT2D eigenvalue weighted by Crippen LogP contribution is -2.15. The van der Waals surface area contributed by atoms with Crippen molar-refractivity contribution in [3.05, 3.63) is 12.0 Å². The van der Waals surface area contributed by atoms with Crippen molar-refractivity contribution in [1.82, 2.24) is 0 Å². The molecule has 4 heteroatoms. The van der Waals surface area contributed by atoms with E-state index in [1.165, 1.54) is 13.4 Å². The first-order valence-electron chi connectivity index (χ1n) is 3.38. The number of methoxy groups -OCH3 is 1. The standard InChI is InChI=1S/C7H14O3Si/c1-9-7(8)10-5-6-11(2,3)4/h5-6H,1-4H3/b6-5+. The highest BCUT2D eigenvalue weighted by Gasteiger charge is 2.07. The SMILES string of the molecule is COC(=O)O/C=C/[Si](C)(C)C. The van der Waals surface area contributed by atoms with Gasteiger partial charge in [0.15, 0.2) is 0 Å². The molecule has 0 fully saturated rings. The molecule has 0 radical (unpaired) electrons. The van der Waals surface area contributed by atoms with E-state index in [0.29, 0.717) is 0 Å². The van der Waals surface area contributed by atoms with E-state index in [1.54, 1.807) is 0 Å². The number of carbonyl (C=O) groups excluding carboxylic acids is 1. The van der Waals surface area contributed by atoms with Gasteiger partial charge in [0.1, 0.15) is 0 Å². The Hall–Kier alpha value is -0.773. The molecule has 3 nitrogen and oxygen atoms in total. The molecule has 0 aliphatic rings. The second-order valence-electron chi connectivity index (χ2n) is 3.24. The molecule has 0 amide bonds. The summed E-state index contributed by atoms with van der Waals surface area (Å²) in [5.74, 6) is 0. The lowest BCUT2D eigenvalue weighted by Gasteiger charge is -2.06. The van der Waals surface area contributed by atoms with Crippen LogP contribution in [0.4, 0.5) is 4.79 Å². The molecule has 0 spiro atoms. The number of rotatable bonds is 2. The van der Waals surface area contributed by atoms with E-state index in [1.807, 2.05) is 5.70 Å². The van der Waals surface area contributed by atoms with Gasteiger partial charge in [-0.1, -0.05) is 25.3 Å². The van der Waals surface area contributed by atoms with E-state index in [9.17, 15) is 4.79 Å². The zero-order chi connectivity index (χ0) is 8.91. The van der Waals surface area contributed by atoms with Gasteiger partial charge in [0.05, 0.1) is 21.4 Å². The molecule has 0 aromatic rings. The summed E-state index contributed by atoms with van der Waals surface area (Å²) in [6.45, 7) is 6.43. The Bertz CT molecular complexity index is 158. The third kappa shape index (κ3) is 7.12. The van der Waals surface area contributed by atoms with Crippen LogP contribution in [0.5, 0.6) is 0 Å². The Morgan fingerprint density at radius 3 is 2.27 bits per heavy atom. The van der Waals surface area contributed by atoms with Crippen LogP contribution in [0.1, 0.15) is 0 Å².